The van der Waals surface area contributed by atoms with Gasteiger partial charge in [-0.2, -0.15) is 0 Å². The fourth-order valence-corrected chi connectivity index (χ4v) is 2.30. The highest BCUT2D eigenvalue weighted by molar-refractivity contribution is 5.55. The number of nitrogens with zero attached hydrogens (tertiary/aromatic N) is 1. The lowest BCUT2D eigenvalue weighted by molar-refractivity contribution is 0.304. The van der Waals surface area contributed by atoms with Crippen molar-refractivity contribution < 1.29 is 9.50 Å². The van der Waals surface area contributed by atoms with E-state index in [0.29, 0.717) is 12.1 Å². The summed E-state index contributed by atoms with van der Waals surface area (Å²) in [4.78, 5) is 1.99. The molecule has 1 unspecified atom stereocenters. The molecule has 3 nitrogen and oxygen atoms in total. The van der Waals surface area contributed by atoms with E-state index in [1.165, 1.54) is 0 Å². The van der Waals surface area contributed by atoms with Crippen LogP contribution in [0.2, 0.25) is 0 Å². The number of hydrogen-bond donors (Lipinski definition) is 2. The second-order valence-corrected chi connectivity index (χ2v) is 5.57. The van der Waals surface area contributed by atoms with E-state index < -0.39 is 0 Å². The maximum absolute atomic E-state index is 13.6. The molecule has 0 heterocycles. The first-order valence-electron chi connectivity index (χ1n) is 7.46. The Hall–Kier alpha value is -2.07. The summed E-state index contributed by atoms with van der Waals surface area (Å²) in [6.07, 6.45) is 0. The zero-order valence-corrected chi connectivity index (χ0v) is 13.3. The Balaban J connectivity index is 2.05. The minimum Gasteiger partial charge on any atom is -0.395 e. The Morgan fingerprint density at radius 1 is 1.18 bits per heavy atom. The molecule has 0 bridgehead atoms. The van der Waals surface area contributed by atoms with E-state index in [1.807, 2.05) is 49.2 Å². The molecule has 0 spiro atoms. The summed E-state index contributed by atoms with van der Waals surface area (Å²) in [6, 6.07) is 13.3. The second-order valence-electron chi connectivity index (χ2n) is 5.57. The summed E-state index contributed by atoms with van der Waals surface area (Å²) in [6.45, 7) is 4.51. The van der Waals surface area contributed by atoms with Crippen LogP contribution in [0.3, 0.4) is 0 Å². The molecule has 1 atom stereocenters. The number of aliphatic hydroxyl groups is 1. The molecular weight excluding hydrogens is 279 g/mol. The first kappa shape index (κ1) is 16.3. The van der Waals surface area contributed by atoms with Gasteiger partial charge in [-0.15, -0.1) is 0 Å². The van der Waals surface area contributed by atoms with Crippen molar-refractivity contribution in [3.63, 3.8) is 0 Å². The number of hydrogen-bond acceptors (Lipinski definition) is 3. The molecule has 0 aliphatic heterocycles. The quantitative estimate of drug-likeness (QED) is 0.853. The van der Waals surface area contributed by atoms with Gasteiger partial charge in [0.2, 0.25) is 0 Å². The molecule has 22 heavy (non-hydrogen) atoms. The molecule has 4 heteroatoms. The molecule has 0 saturated heterocycles. The van der Waals surface area contributed by atoms with Gasteiger partial charge in [-0.25, -0.2) is 4.39 Å². The Morgan fingerprint density at radius 3 is 2.45 bits per heavy atom. The van der Waals surface area contributed by atoms with Crippen molar-refractivity contribution in [2.24, 2.45) is 0 Å². The lowest BCUT2D eigenvalue weighted by Gasteiger charge is -2.20. The van der Waals surface area contributed by atoms with Gasteiger partial charge in [0.05, 0.1) is 6.61 Å². The summed E-state index contributed by atoms with van der Waals surface area (Å²) in [7, 11) is 1.94. The third kappa shape index (κ3) is 3.98. The van der Waals surface area contributed by atoms with Crippen LogP contribution in [0, 0.1) is 12.7 Å². The van der Waals surface area contributed by atoms with E-state index in [-0.39, 0.29) is 18.5 Å². The largest absolute Gasteiger partial charge is 0.395 e. The number of nitrogens with one attached hydrogen (secondary N) is 1. The predicted molar refractivity (Wildman–Crippen MR) is 90.0 cm³/mol. The highest BCUT2D eigenvalue weighted by atomic mass is 19.1. The van der Waals surface area contributed by atoms with Crippen LogP contribution in [0.4, 0.5) is 15.8 Å². The fraction of sp³-hybridized carbons (Fsp3) is 0.333. The standard InChI is InChI=1S/C18H23FN2O/c1-13-4-5-15(12-18(13)19)14(2)20-16-6-8-17(9-7-16)21(3)10-11-22/h4-9,12,14,20,22H,10-11H2,1-3H3. The average molecular weight is 302 g/mol. The zero-order chi connectivity index (χ0) is 16.1. The summed E-state index contributed by atoms with van der Waals surface area (Å²) in [5.74, 6) is -0.174. The zero-order valence-electron chi connectivity index (χ0n) is 13.3. The van der Waals surface area contributed by atoms with Gasteiger partial charge >= 0.3 is 0 Å². The fourth-order valence-electron chi connectivity index (χ4n) is 2.30. The Labute approximate surface area is 131 Å². The van der Waals surface area contributed by atoms with Gasteiger partial charge in [0, 0.05) is 31.0 Å². The molecule has 0 fully saturated rings. The minimum absolute atomic E-state index is 0.0242. The molecule has 0 aliphatic carbocycles. The van der Waals surface area contributed by atoms with Crippen LogP contribution in [-0.2, 0) is 0 Å². The maximum Gasteiger partial charge on any atom is 0.126 e. The molecule has 2 rings (SSSR count). The SMILES string of the molecule is Cc1ccc(C(C)Nc2ccc(N(C)CCO)cc2)cc1F. The number of halogens is 1. The predicted octanol–water partition coefficient (Wildman–Crippen LogP) is 3.74. The van der Waals surface area contributed by atoms with Crippen molar-refractivity contribution >= 4 is 11.4 Å². The van der Waals surface area contributed by atoms with Crippen LogP contribution in [0.1, 0.15) is 24.1 Å². The number of aryl methyl sites for hydroxylation is 1. The van der Waals surface area contributed by atoms with Gasteiger partial charge in [-0.3, -0.25) is 0 Å². The van der Waals surface area contributed by atoms with Crippen LogP contribution in [0.5, 0.6) is 0 Å². The van der Waals surface area contributed by atoms with Gasteiger partial charge in [0.1, 0.15) is 5.82 Å². The van der Waals surface area contributed by atoms with Crippen molar-refractivity contribution in [2.75, 3.05) is 30.4 Å². The van der Waals surface area contributed by atoms with Crippen LogP contribution < -0.4 is 10.2 Å². The monoisotopic (exact) mass is 302 g/mol. The molecule has 2 aromatic rings. The smallest absolute Gasteiger partial charge is 0.126 e. The lowest BCUT2D eigenvalue weighted by atomic mass is 10.1. The highest BCUT2D eigenvalue weighted by Gasteiger charge is 2.08. The third-order valence-electron chi connectivity index (χ3n) is 3.82. The van der Waals surface area contributed by atoms with Gasteiger partial charge in [-0.05, 0) is 55.3 Å². The molecule has 0 radical (unpaired) electrons. The molecule has 0 aliphatic rings. The van der Waals surface area contributed by atoms with Crippen LogP contribution in [-0.4, -0.2) is 25.3 Å². The van der Waals surface area contributed by atoms with E-state index in [0.717, 1.165) is 16.9 Å². The molecule has 2 N–H and O–H groups in total. The normalized spacial score (nSPS) is 12.0. The van der Waals surface area contributed by atoms with E-state index in [2.05, 4.69) is 5.32 Å². The number of anilines is 2. The van der Waals surface area contributed by atoms with E-state index in [9.17, 15) is 4.39 Å². The molecule has 0 aromatic heterocycles. The number of rotatable bonds is 6. The summed E-state index contributed by atoms with van der Waals surface area (Å²) < 4.78 is 13.6. The second kappa shape index (κ2) is 7.27. The topological polar surface area (TPSA) is 35.5 Å². The van der Waals surface area contributed by atoms with E-state index >= 15 is 0 Å². The molecule has 2 aromatic carbocycles. The first-order chi connectivity index (χ1) is 10.5. The van der Waals surface area contributed by atoms with Crippen molar-refractivity contribution in [1.82, 2.24) is 0 Å². The van der Waals surface area contributed by atoms with Crippen LogP contribution >= 0.6 is 0 Å². The maximum atomic E-state index is 13.6. The van der Waals surface area contributed by atoms with E-state index in [4.69, 9.17) is 5.11 Å². The highest BCUT2D eigenvalue weighted by Crippen LogP contribution is 2.23. The van der Waals surface area contributed by atoms with Crippen molar-refractivity contribution in [1.29, 1.82) is 0 Å². The molecule has 118 valence electrons. The number of benzene rings is 2. The lowest BCUT2D eigenvalue weighted by Crippen LogP contribution is -2.20. The van der Waals surface area contributed by atoms with Gasteiger partial charge in [0.25, 0.3) is 0 Å². The number of likely N-dealkylation sites (N-methyl/N-ethyl adjacent to an activating group) is 1. The number of aliphatic hydroxyl groups excluding tert-OH is 1. The van der Waals surface area contributed by atoms with E-state index in [1.54, 1.807) is 19.1 Å². The Morgan fingerprint density at radius 2 is 1.86 bits per heavy atom. The van der Waals surface area contributed by atoms with Crippen LogP contribution in [0.25, 0.3) is 0 Å². The Kier molecular flexibility index (Phi) is 5.39. The Bertz CT molecular complexity index is 613. The minimum atomic E-state index is -0.174. The third-order valence-corrected chi connectivity index (χ3v) is 3.82. The van der Waals surface area contributed by atoms with Crippen molar-refractivity contribution in [3.05, 3.63) is 59.4 Å². The van der Waals surface area contributed by atoms with Gasteiger partial charge < -0.3 is 15.3 Å². The molecule has 0 saturated carbocycles. The first-order valence-corrected chi connectivity index (χ1v) is 7.46. The van der Waals surface area contributed by atoms with Gasteiger partial charge in [0.15, 0.2) is 0 Å². The summed E-state index contributed by atoms with van der Waals surface area (Å²) in [5, 5.41) is 12.3. The van der Waals surface area contributed by atoms with Gasteiger partial charge in [-0.1, -0.05) is 12.1 Å². The molecular formula is C18H23FN2O. The van der Waals surface area contributed by atoms with Crippen molar-refractivity contribution in [2.45, 2.75) is 19.9 Å². The molecule has 0 amide bonds. The summed E-state index contributed by atoms with van der Waals surface area (Å²) >= 11 is 0. The summed E-state index contributed by atoms with van der Waals surface area (Å²) in [5.41, 5.74) is 3.61. The van der Waals surface area contributed by atoms with Crippen LogP contribution in [0.15, 0.2) is 42.5 Å². The van der Waals surface area contributed by atoms with Crippen molar-refractivity contribution in [3.8, 4) is 0 Å². The average Bonchev–Trinajstić information content (AvgIpc) is 2.51.